The summed E-state index contributed by atoms with van der Waals surface area (Å²) in [5, 5.41) is 12.3. The van der Waals surface area contributed by atoms with Gasteiger partial charge in [-0.3, -0.25) is 0 Å². The lowest BCUT2D eigenvalue weighted by Gasteiger charge is -1.95. The van der Waals surface area contributed by atoms with Crippen molar-refractivity contribution in [2.75, 3.05) is 0 Å². The number of carboxylic acid groups (broad SMARTS) is 1. The molecule has 2 rings (SSSR count). The Kier molecular flexibility index (Phi) is 2.02. The summed E-state index contributed by atoms with van der Waals surface area (Å²) in [5.41, 5.74) is 0.244. The zero-order chi connectivity index (χ0) is 9.97. The predicted molar refractivity (Wildman–Crippen MR) is 44.8 cm³/mol. The van der Waals surface area contributed by atoms with E-state index >= 15 is 0 Å². The molecule has 0 amide bonds. The molecule has 1 N–H and O–H groups in total. The van der Waals surface area contributed by atoms with Crippen LogP contribution >= 0.6 is 0 Å². The van der Waals surface area contributed by atoms with Gasteiger partial charge in [0.25, 0.3) is 0 Å². The lowest BCUT2D eigenvalue weighted by Crippen LogP contribution is -1.99. The lowest BCUT2D eigenvalue weighted by atomic mass is 10.4. The minimum absolute atomic E-state index is 0.244. The van der Waals surface area contributed by atoms with Gasteiger partial charge in [-0.1, -0.05) is 5.16 Å². The standard InChI is InChI=1S/C8H7N3O3/c12-8(13)6-1-2-11(3-6)4-7-9-5-14-10-7/h1-3,5H,4H2,(H,12,13). The van der Waals surface area contributed by atoms with Crippen molar-refractivity contribution in [3.63, 3.8) is 0 Å². The summed E-state index contributed by atoms with van der Waals surface area (Å²) in [7, 11) is 0. The lowest BCUT2D eigenvalue weighted by molar-refractivity contribution is 0.0697. The van der Waals surface area contributed by atoms with Crippen molar-refractivity contribution in [3.8, 4) is 0 Å². The quantitative estimate of drug-likeness (QED) is 0.772. The van der Waals surface area contributed by atoms with Gasteiger partial charge in [0, 0.05) is 12.4 Å². The third kappa shape index (κ3) is 1.63. The van der Waals surface area contributed by atoms with Crippen molar-refractivity contribution in [1.29, 1.82) is 0 Å². The largest absolute Gasteiger partial charge is 0.478 e. The molecule has 0 spiro atoms. The number of rotatable bonds is 3. The molecular weight excluding hydrogens is 186 g/mol. The Hall–Kier alpha value is -2.11. The summed E-state index contributed by atoms with van der Waals surface area (Å²) in [4.78, 5) is 14.4. The maximum atomic E-state index is 10.6. The van der Waals surface area contributed by atoms with E-state index in [1.807, 2.05) is 0 Å². The van der Waals surface area contributed by atoms with Gasteiger partial charge in [-0.05, 0) is 6.07 Å². The van der Waals surface area contributed by atoms with E-state index < -0.39 is 5.97 Å². The second kappa shape index (κ2) is 3.33. The van der Waals surface area contributed by atoms with Gasteiger partial charge >= 0.3 is 5.97 Å². The van der Waals surface area contributed by atoms with E-state index in [1.165, 1.54) is 18.7 Å². The number of hydrogen-bond donors (Lipinski definition) is 1. The molecule has 0 atom stereocenters. The van der Waals surface area contributed by atoms with Crippen LogP contribution in [0.4, 0.5) is 0 Å². The molecule has 14 heavy (non-hydrogen) atoms. The maximum absolute atomic E-state index is 10.6. The van der Waals surface area contributed by atoms with Crippen LogP contribution in [0.25, 0.3) is 0 Å². The molecule has 2 heterocycles. The highest BCUT2D eigenvalue weighted by Gasteiger charge is 2.05. The first-order chi connectivity index (χ1) is 6.75. The summed E-state index contributed by atoms with van der Waals surface area (Å²) in [6, 6.07) is 1.52. The molecule has 0 saturated carbocycles. The van der Waals surface area contributed by atoms with Gasteiger partial charge in [-0.15, -0.1) is 0 Å². The van der Waals surface area contributed by atoms with Crippen LogP contribution < -0.4 is 0 Å². The van der Waals surface area contributed by atoms with E-state index in [0.717, 1.165) is 0 Å². The van der Waals surface area contributed by atoms with Crippen LogP contribution in [0.1, 0.15) is 16.2 Å². The Balaban J connectivity index is 2.14. The summed E-state index contributed by atoms with van der Waals surface area (Å²) in [6.07, 6.45) is 4.40. The number of carboxylic acids is 1. The number of hydrogen-bond acceptors (Lipinski definition) is 4. The smallest absolute Gasteiger partial charge is 0.337 e. The molecular formula is C8H7N3O3. The summed E-state index contributed by atoms with van der Waals surface area (Å²) in [5.74, 6) is -0.436. The van der Waals surface area contributed by atoms with Crippen molar-refractivity contribution in [1.82, 2.24) is 14.7 Å². The Labute approximate surface area is 78.8 Å². The topological polar surface area (TPSA) is 81.1 Å². The van der Waals surface area contributed by atoms with Gasteiger partial charge in [-0.2, -0.15) is 4.98 Å². The molecule has 0 fully saturated rings. The monoisotopic (exact) mass is 193 g/mol. The summed E-state index contributed by atoms with van der Waals surface area (Å²) in [6.45, 7) is 0.407. The Morgan fingerprint density at radius 3 is 3.07 bits per heavy atom. The van der Waals surface area contributed by atoms with Crippen LogP contribution in [0.3, 0.4) is 0 Å². The van der Waals surface area contributed by atoms with Crippen LogP contribution in [0.15, 0.2) is 29.4 Å². The summed E-state index contributed by atoms with van der Waals surface area (Å²) < 4.78 is 6.23. The molecule has 0 radical (unpaired) electrons. The van der Waals surface area contributed by atoms with Crippen LogP contribution in [0.2, 0.25) is 0 Å². The highest BCUT2D eigenvalue weighted by Crippen LogP contribution is 2.03. The average molecular weight is 193 g/mol. The number of aromatic nitrogens is 3. The van der Waals surface area contributed by atoms with Crippen molar-refractivity contribution in [3.05, 3.63) is 36.2 Å². The van der Waals surface area contributed by atoms with Gasteiger partial charge in [0.2, 0.25) is 6.39 Å². The zero-order valence-corrected chi connectivity index (χ0v) is 7.12. The fourth-order valence-electron chi connectivity index (χ4n) is 1.09. The second-order valence-electron chi connectivity index (χ2n) is 2.73. The van der Waals surface area contributed by atoms with E-state index in [2.05, 4.69) is 14.7 Å². The van der Waals surface area contributed by atoms with E-state index in [9.17, 15) is 4.79 Å². The molecule has 2 aromatic heterocycles. The maximum Gasteiger partial charge on any atom is 0.337 e. The van der Waals surface area contributed by atoms with Gasteiger partial charge in [0.1, 0.15) is 0 Å². The Morgan fingerprint density at radius 2 is 2.50 bits per heavy atom. The van der Waals surface area contributed by atoms with Crippen LogP contribution in [-0.4, -0.2) is 25.8 Å². The Bertz CT molecular complexity index is 432. The molecule has 0 aliphatic carbocycles. The normalized spacial score (nSPS) is 10.3. The van der Waals surface area contributed by atoms with Crippen LogP contribution in [0, 0.1) is 0 Å². The minimum Gasteiger partial charge on any atom is -0.478 e. The molecule has 6 nitrogen and oxygen atoms in total. The first-order valence-electron chi connectivity index (χ1n) is 3.90. The van der Waals surface area contributed by atoms with Crippen molar-refractivity contribution in [2.45, 2.75) is 6.54 Å². The highest BCUT2D eigenvalue weighted by molar-refractivity contribution is 5.87. The fourth-order valence-corrected chi connectivity index (χ4v) is 1.09. The van der Waals surface area contributed by atoms with Gasteiger partial charge in [-0.25, -0.2) is 4.79 Å². The van der Waals surface area contributed by atoms with Crippen molar-refractivity contribution < 1.29 is 14.4 Å². The van der Waals surface area contributed by atoms with Crippen molar-refractivity contribution in [2.24, 2.45) is 0 Å². The number of nitrogens with zero attached hydrogens (tertiary/aromatic N) is 3. The molecule has 0 bridgehead atoms. The summed E-state index contributed by atoms with van der Waals surface area (Å²) >= 11 is 0. The zero-order valence-electron chi connectivity index (χ0n) is 7.12. The molecule has 0 aliphatic rings. The number of aromatic carboxylic acids is 1. The molecule has 0 aromatic carbocycles. The predicted octanol–water partition coefficient (Wildman–Crippen LogP) is 0.618. The minimum atomic E-state index is -0.947. The SMILES string of the molecule is O=C(O)c1ccn(Cc2ncon2)c1. The highest BCUT2D eigenvalue weighted by atomic mass is 16.5. The first-order valence-corrected chi connectivity index (χ1v) is 3.90. The molecule has 2 aromatic rings. The molecule has 6 heteroatoms. The average Bonchev–Trinajstić information content (AvgIpc) is 2.75. The second-order valence-corrected chi connectivity index (χ2v) is 2.73. The molecule has 0 unspecified atom stereocenters. The first kappa shape index (κ1) is 8.49. The fraction of sp³-hybridized carbons (Fsp3) is 0.125. The molecule has 0 aliphatic heterocycles. The van der Waals surface area contributed by atoms with E-state index in [-0.39, 0.29) is 5.56 Å². The molecule has 72 valence electrons. The van der Waals surface area contributed by atoms with E-state index in [0.29, 0.717) is 12.4 Å². The van der Waals surface area contributed by atoms with Gasteiger partial charge in [0.05, 0.1) is 12.1 Å². The van der Waals surface area contributed by atoms with Gasteiger partial charge in [0.15, 0.2) is 5.82 Å². The van der Waals surface area contributed by atoms with Crippen molar-refractivity contribution >= 4 is 5.97 Å². The van der Waals surface area contributed by atoms with Gasteiger partial charge < -0.3 is 14.2 Å². The Morgan fingerprint density at radius 1 is 1.64 bits per heavy atom. The van der Waals surface area contributed by atoms with Crippen LogP contribution in [0.5, 0.6) is 0 Å². The van der Waals surface area contributed by atoms with E-state index in [4.69, 9.17) is 5.11 Å². The third-order valence-electron chi connectivity index (χ3n) is 1.73. The molecule has 0 saturated heterocycles. The third-order valence-corrected chi connectivity index (χ3v) is 1.73. The van der Waals surface area contributed by atoms with E-state index in [1.54, 1.807) is 10.8 Å². The number of carbonyl (C=O) groups is 1. The van der Waals surface area contributed by atoms with Crippen LogP contribution in [-0.2, 0) is 6.54 Å².